The van der Waals surface area contributed by atoms with Gasteiger partial charge in [0.15, 0.2) is 6.61 Å². The molecule has 1 amide bonds. The molecular weight excluding hydrogens is 292 g/mol. The van der Waals surface area contributed by atoms with Crippen LogP contribution in [0.2, 0.25) is 0 Å². The zero-order chi connectivity index (χ0) is 16.2. The molecule has 23 heavy (non-hydrogen) atoms. The molecule has 0 spiro atoms. The minimum atomic E-state index is -0.552. The van der Waals surface area contributed by atoms with Crippen molar-refractivity contribution < 1.29 is 14.3 Å². The molecule has 0 bridgehead atoms. The van der Waals surface area contributed by atoms with Gasteiger partial charge in [0, 0.05) is 16.6 Å². The fourth-order valence-corrected chi connectivity index (χ4v) is 2.34. The molecule has 0 aliphatic rings. The van der Waals surface area contributed by atoms with Crippen molar-refractivity contribution in [1.29, 1.82) is 0 Å². The number of aromatic amines is 1. The number of esters is 1. The molecule has 0 saturated heterocycles. The topological polar surface area (TPSA) is 71.2 Å². The number of benzene rings is 2. The molecule has 3 aromatic rings. The third-order valence-corrected chi connectivity index (χ3v) is 3.49. The Labute approximate surface area is 133 Å². The number of rotatable bonds is 4. The normalized spacial score (nSPS) is 10.5. The standard InChI is InChI=1S/C18H16N2O3/c1-12-6-5-9-15-14(12)10-16(20-15)18(22)23-11-17(21)19-13-7-3-2-4-8-13/h2-10,20H,11H2,1H3,(H,19,21). The van der Waals surface area contributed by atoms with Gasteiger partial charge in [0.25, 0.3) is 5.91 Å². The molecule has 0 fully saturated rings. The molecule has 0 atom stereocenters. The van der Waals surface area contributed by atoms with Gasteiger partial charge in [-0.15, -0.1) is 0 Å². The first kappa shape index (κ1) is 14.8. The first-order valence-corrected chi connectivity index (χ1v) is 7.24. The maximum absolute atomic E-state index is 12.0. The molecule has 1 aromatic heterocycles. The number of amides is 1. The van der Waals surface area contributed by atoms with Crippen LogP contribution in [0.3, 0.4) is 0 Å². The fraction of sp³-hybridized carbons (Fsp3) is 0.111. The van der Waals surface area contributed by atoms with Crippen LogP contribution < -0.4 is 5.32 Å². The molecule has 1 heterocycles. The number of carbonyl (C=O) groups is 2. The van der Waals surface area contributed by atoms with Crippen molar-refractivity contribution >= 4 is 28.5 Å². The summed E-state index contributed by atoms with van der Waals surface area (Å²) in [6, 6.07) is 16.5. The van der Waals surface area contributed by atoms with Gasteiger partial charge < -0.3 is 15.0 Å². The van der Waals surface area contributed by atoms with E-state index in [0.29, 0.717) is 11.4 Å². The van der Waals surface area contributed by atoms with Gasteiger partial charge in [-0.25, -0.2) is 4.79 Å². The van der Waals surface area contributed by atoms with E-state index in [9.17, 15) is 9.59 Å². The summed E-state index contributed by atoms with van der Waals surface area (Å²) >= 11 is 0. The fourth-order valence-electron chi connectivity index (χ4n) is 2.34. The van der Waals surface area contributed by atoms with E-state index < -0.39 is 5.97 Å². The molecule has 2 N–H and O–H groups in total. The number of hydrogen-bond acceptors (Lipinski definition) is 3. The monoisotopic (exact) mass is 308 g/mol. The number of para-hydroxylation sites is 1. The van der Waals surface area contributed by atoms with E-state index in [1.54, 1.807) is 18.2 Å². The molecule has 0 aliphatic heterocycles. The van der Waals surface area contributed by atoms with Crippen molar-refractivity contribution in [3.63, 3.8) is 0 Å². The molecule has 3 rings (SSSR count). The third kappa shape index (κ3) is 3.40. The van der Waals surface area contributed by atoms with Gasteiger partial charge in [0.1, 0.15) is 5.69 Å². The Morgan fingerprint density at radius 2 is 1.87 bits per heavy atom. The number of hydrogen-bond donors (Lipinski definition) is 2. The first-order chi connectivity index (χ1) is 11.1. The predicted molar refractivity (Wildman–Crippen MR) is 88.4 cm³/mol. The third-order valence-electron chi connectivity index (χ3n) is 3.49. The van der Waals surface area contributed by atoms with Crippen molar-refractivity contribution in [3.05, 3.63) is 65.9 Å². The largest absolute Gasteiger partial charge is 0.451 e. The molecule has 0 aliphatic carbocycles. The lowest BCUT2D eigenvalue weighted by molar-refractivity contribution is -0.119. The number of aromatic nitrogens is 1. The zero-order valence-corrected chi connectivity index (χ0v) is 12.6. The molecule has 2 aromatic carbocycles. The van der Waals surface area contributed by atoms with Gasteiger partial charge in [-0.2, -0.15) is 0 Å². The zero-order valence-electron chi connectivity index (χ0n) is 12.6. The van der Waals surface area contributed by atoms with E-state index >= 15 is 0 Å². The molecule has 5 heteroatoms. The highest BCUT2D eigenvalue weighted by atomic mass is 16.5. The number of anilines is 1. The maximum Gasteiger partial charge on any atom is 0.355 e. The van der Waals surface area contributed by atoms with E-state index in [1.807, 2.05) is 43.3 Å². The summed E-state index contributed by atoms with van der Waals surface area (Å²) in [5.74, 6) is -0.930. The molecule has 5 nitrogen and oxygen atoms in total. The number of fused-ring (bicyclic) bond motifs is 1. The van der Waals surface area contributed by atoms with Gasteiger partial charge in [0.05, 0.1) is 0 Å². The summed E-state index contributed by atoms with van der Waals surface area (Å²) in [6.45, 7) is 1.64. The van der Waals surface area contributed by atoms with Crippen LogP contribution in [0, 0.1) is 6.92 Å². The summed E-state index contributed by atoms with van der Waals surface area (Å²) in [5, 5.41) is 3.62. The van der Waals surface area contributed by atoms with Gasteiger partial charge in [-0.1, -0.05) is 30.3 Å². The summed E-state index contributed by atoms with van der Waals surface area (Å²) in [7, 11) is 0. The smallest absolute Gasteiger partial charge is 0.355 e. The highest BCUT2D eigenvalue weighted by Gasteiger charge is 2.13. The van der Waals surface area contributed by atoms with Crippen molar-refractivity contribution in [2.75, 3.05) is 11.9 Å². The van der Waals surface area contributed by atoms with Crippen LogP contribution in [0.25, 0.3) is 10.9 Å². The first-order valence-electron chi connectivity index (χ1n) is 7.24. The number of ether oxygens (including phenoxy) is 1. The second kappa shape index (κ2) is 6.36. The highest BCUT2D eigenvalue weighted by molar-refractivity contribution is 5.98. The van der Waals surface area contributed by atoms with Crippen molar-refractivity contribution in [1.82, 2.24) is 4.98 Å². The summed E-state index contributed by atoms with van der Waals surface area (Å²) < 4.78 is 5.05. The lowest BCUT2D eigenvalue weighted by atomic mass is 10.1. The van der Waals surface area contributed by atoms with E-state index in [-0.39, 0.29) is 12.5 Å². The van der Waals surface area contributed by atoms with Gasteiger partial charge in [-0.3, -0.25) is 4.79 Å². The van der Waals surface area contributed by atoms with Crippen LogP contribution in [-0.4, -0.2) is 23.5 Å². The van der Waals surface area contributed by atoms with E-state index in [1.165, 1.54) is 0 Å². The molecule has 116 valence electrons. The Hall–Kier alpha value is -3.08. The number of nitrogens with one attached hydrogen (secondary N) is 2. The quantitative estimate of drug-likeness (QED) is 0.727. The Bertz CT molecular complexity index is 853. The van der Waals surface area contributed by atoms with Crippen molar-refractivity contribution in [3.8, 4) is 0 Å². The SMILES string of the molecule is Cc1cccc2[nH]c(C(=O)OCC(=O)Nc3ccccc3)cc12. The number of carbonyl (C=O) groups excluding carboxylic acids is 2. The highest BCUT2D eigenvalue weighted by Crippen LogP contribution is 2.19. The molecule has 0 unspecified atom stereocenters. The summed E-state index contributed by atoms with van der Waals surface area (Å²) in [4.78, 5) is 26.8. The van der Waals surface area contributed by atoms with E-state index in [4.69, 9.17) is 4.74 Å². The Morgan fingerprint density at radius 1 is 1.09 bits per heavy atom. The van der Waals surface area contributed by atoms with Crippen molar-refractivity contribution in [2.45, 2.75) is 6.92 Å². The van der Waals surface area contributed by atoms with Gasteiger partial charge in [0.2, 0.25) is 0 Å². The second-order valence-electron chi connectivity index (χ2n) is 5.21. The van der Waals surface area contributed by atoms with Crippen LogP contribution in [0.4, 0.5) is 5.69 Å². The van der Waals surface area contributed by atoms with Crippen LogP contribution in [0.1, 0.15) is 16.1 Å². The number of H-pyrrole nitrogens is 1. The Kier molecular flexibility index (Phi) is 4.10. The molecule has 0 radical (unpaired) electrons. The van der Waals surface area contributed by atoms with Crippen LogP contribution in [0.15, 0.2) is 54.6 Å². The Morgan fingerprint density at radius 3 is 2.61 bits per heavy atom. The van der Waals surface area contributed by atoms with Gasteiger partial charge in [-0.05, 0) is 36.8 Å². The maximum atomic E-state index is 12.0. The average molecular weight is 308 g/mol. The van der Waals surface area contributed by atoms with Crippen LogP contribution >= 0.6 is 0 Å². The summed E-state index contributed by atoms with van der Waals surface area (Å²) in [6.07, 6.45) is 0. The second-order valence-corrected chi connectivity index (χ2v) is 5.21. The van der Waals surface area contributed by atoms with Gasteiger partial charge >= 0.3 is 5.97 Å². The molecular formula is C18H16N2O3. The lowest BCUT2D eigenvalue weighted by Crippen LogP contribution is -2.21. The van der Waals surface area contributed by atoms with Crippen LogP contribution in [0.5, 0.6) is 0 Å². The minimum absolute atomic E-state index is 0.331. The van der Waals surface area contributed by atoms with E-state index in [0.717, 1.165) is 16.5 Å². The summed E-state index contributed by atoms with van der Waals surface area (Å²) in [5.41, 5.74) is 2.93. The predicted octanol–water partition coefficient (Wildman–Crippen LogP) is 3.27. The van der Waals surface area contributed by atoms with E-state index in [2.05, 4.69) is 10.3 Å². The number of aryl methyl sites for hydroxylation is 1. The Balaban J connectivity index is 1.62. The van der Waals surface area contributed by atoms with Crippen LogP contribution in [-0.2, 0) is 9.53 Å². The molecule has 0 saturated carbocycles. The lowest BCUT2D eigenvalue weighted by Gasteiger charge is -2.05. The average Bonchev–Trinajstić information content (AvgIpc) is 2.99. The minimum Gasteiger partial charge on any atom is -0.451 e. The van der Waals surface area contributed by atoms with Crippen molar-refractivity contribution in [2.24, 2.45) is 0 Å².